The van der Waals surface area contributed by atoms with E-state index in [9.17, 15) is 9.59 Å². The Morgan fingerprint density at radius 3 is 0.764 bits per heavy atom. The first kappa shape index (κ1) is 68.1. The fourth-order valence-corrected chi connectivity index (χ4v) is 10.9. The van der Waals surface area contributed by atoms with Gasteiger partial charge in [0.25, 0.3) is 0 Å². The van der Waals surface area contributed by atoms with Crippen molar-refractivity contribution in [3.8, 4) is 0 Å². The number of hydrogen-bond acceptors (Lipinski definition) is 3. The summed E-state index contributed by atoms with van der Waals surface area (Å²) < 4.78 is 0. The van der Waals surface area contributed by atoms with Gasteiger partial charge in [-0.3, -0.25) is 14.5 Å². The summed E-state index contributed by atoms with van der Waals surface area (Å²) in [7, 11) is 0. The van der Waals surface area contributed by atoms with Gasteiger partial charge in [0.15, 0.2) is 0 Å². The van der Waals surface area contributed by atoms with Crippen molar-refractivity contribution in [3.63, 3.8) is 0 Å². The minimum Gasteiger partial charge on any atom is -0.343 e. The third kappa shape index (κ3) is 45.5. The van der Waals surface area contributed by atoms with Crippen molar-refractivity contribution >= 4 is 11.8 Å². The Labute approximate surface area is 451 Å². The Morgan fingerprint density at radius 2 is 0.500 bits per heavy atom. The molecule has 1 rings (SSSR count). The molecule has 0 saturated heterocycles. The molecular formula is C67H127N3O2. The third-order valence-electron chi connectivity index (χ3n) is 15.8. The predicted octanol–water partition coefficient (Wildman–Crippen LogP) is 21.0. The summed E-state index contributed by atoms with van der Waals surface area (Å²) in [6, 6.07) is 11.1. The third-order valence-corrected chi connectivity index (χ3v) is 15.8. The van der Waals surface area contributed by atoms with Gasteiger partial charge in [-0.05, 0) is 70.0 Å². The van der Waals surface area contributed by atoms with Crippen LogP contribution in [0.15, 0.2) is 30.3 Å². The number of benzene rings is 1. The van der Waals surface area contributed by atoms with Crippen molar-refractivity contribution in [1.29, 1.82) is 0 Å². The normalized spacial score (nSPS) is 11.6. The van der Waals surface area contributed by atoms with E-state index in [0.29, 0.717) is 11.8 Å². The van der Waals surface area contributed by atoms with E-state index in [1.807, 2.05) is 0 Å². The zero-order chi connectivity index (χ0) is 51.9. The zero-order valence-electron chi connectivity index (χ0n) is 49.4. The molecule has 0 saturated carbocycles. The lowest BCUT2D eigenvalue weighted by Gasteiger charge is -2.23. The molecule has 0 atom stereocenters. The molecule has 0 spiro atoms. The Balaban J connectivity index is 2.32. The Kier molecular flexibility index (Phi) is 52.4. The van der Waals surface area contributed by atoms with Crippen LogP contribution in [-0.4, -0.2) is 65.8 Å². The van der Waals surface area contributed by atoms with Gasteiger partial charge in [0.1, 0.15) is 0 Å². The summed E-state index contributed by atoms with van der Waals surface area (Å²) in [5.41, 5.74) is 1.45. The highest BCUT2D eigenvalue weighted by Crippen LogP contribution is 2.18. The van der Waals surface area contributed by atoms with Crippen molar-refractivity contribution in [2.75, 3.05) is 39.3 Å². The molecule has 1 aromatic rings. The first-order valence-corrected chi connectivity index (χ1v) is 32.9. The second-order valence-electron chi connectivity index (χ2n) is 22.9. The van der Waals surface area contributed by atoms with E-state index in [4.69, 9.17) is 0 Å². The van der Waals surface area contributed by atoms with Crippen LogP contribution in [0.1, 0.15) is 341 Å². The van der Waals surface area contributed by atoms with Gasteiger partial charge in [0, 0.05) is 45.6 Å². The van der Waals surface area contributed by atoms with E-state index in [-0.39, 0.29) is 0 Å². The van der Waals surface area contributed by atoms with Gasteiger partial charge >= 0.3 is 0 Å². The number of unbranched alkanes of at least 4 members (excludes halogenated alkanes) is 40. The van der Waals surface area contributed by atoms with E-state index in [0.717, 1.165) is 58.4 Å². The topological polar surface area (TPSA) is 43.9 Å². The van der Waals surface area contributed by atoms with Gasteiger partial charge < -0.3 is 9.80 Å². The highest BCUT2D eigenvalue weighted by molar-refractivity contribution is 5.76. The monoisotopic (exact) mass is 1010 g/mol. The molecule has 0 aliphatic carbocycles. The maximum atomic E-state index is 13.3. The number of hydrogen-bond donors (Lipinski definition) is 0. The van der Waals surface area contributed by atoms with Crippen LogP contribution in [0.5, 0.6) is 0 Å². The van der Waals surface area contributed by atoms with Crippen molar-refractivity contribution in [2.24, 2.45) is 0 Å². The predicted molar refractivity (Wildman–Crippen MR) is 319 cm³/mol. The molecule has 0 heterocycles. The molecule has 0 unspecified atom stereocenters. The van der Waals surface area contributed by atoms with Crippen molar-refractivity contribution in [2.45, 2.75) is 342 Å². The summed E-state index contributed by atoms with van der Waals surface area (Å²) in [5, 5.41) is 0. The number of nitrogens with zero attached hydrogens (tertiary/aromatic N) is 3. The van der Waals surface area contributed by atoms with Gasteiger partial charge in [0.05, 0.1) is 0 Å². The standard InChI is InChI=1S/C67H127N3O2/c1-5-9-13-17-19-21-23-31-39-50-60-69(66(71)56-46-35-15-11-7-3)62-52-41-33-27-25-29-37-48-58-68(64-65-54-44-43-45-55-65)59-49-38-30-26-28-34-42-53-63-70(67(72)57-47-36-16-12-8-4)61-51-40-32-24-22-20-18-14-10-6-2/h43-45,54-55H,5-42,46-53,56-64H2,1-4H3. The fourth-order valence-electron chi connectivity index (χ4n) is 10.9. The van der Waals surface area contributed by atoms with Crippen molar-refractivity contribution in [1.82, 2.24) is 14.7 Å². The van der Waals surface area contributed by atoms with E-state index in [2.05, 4.69) is 72.7 Å². The number of rotatable bonds is 58. The van der Waals surface area contributed by atoms with Gasteiger partial charge in [-0.15, -0.1) is 0 Å². The number of carbonyl (C=O) groups is 2. The molecule has 1 aromatic carbocycles. The van der Waals surface area contributed by atoms with E-state index in [1.165, 1.54) is 301 Å². The lowest BCUT2D eigenvalue weighted by atomic mass is 10.1. The first-order valence-electron chi connectivity index (χ1n) is 32.9. The molecule has 0 aliphatic heterocycles. The average Bonchev–Trinajstić information content (AvgIpc) is 3.39. The average molecular weight is 1010 g/mol. The quantitative estimate of drug-likeness (QED) is 0.0611. The molecule has 72 heavy (non-hydrogen) atoms. The van der Waals surface area contributed by atoms with Crippen LogP contribution in [0, 0.1) is 0 Å². The lowest BCUT2D eigenvalue weighted by Crippen LogP contribution is -2.32. The van der Waals surface area contributed by atoms with E-state index < -0.39 is 0 Å². The highest BCUT2D eigenvalue weighted by atomic mass is 16.2. The number of carbonyl (C=O) groups excluding carboxylic acids is 2. The molecule has 0 fully saturated rings. The summed E-state index contributed by atoms with van der Waals surface area (Å²) >= 11 is 0. The minimum absolute atomic E-state index is 0.427. The highest BCUT2D eigenvalue weighted by Gasteiger charge is 2.14. The molecule has 0 radical (unpaired) electrons. The summed E-state index contributed by atoms with van der Waals surface area (Å²) in [5.74, 6) is 0.854. The van der Waals surface area contributed by atoms with Gasteiger partial charge in [-0.1, -0.05) is 302 Å². The zero-order valence-corrected chi connectivity index (χ0v) is 49.4. The Morgan fingerprint density at radius 1 is 0.278 bits per heavy atom. The van der Waals surface area contributed by atoms with Crippen molar-refractivity contribution < 1.29 is 9.59 Å². The van der Waals surface area contributed by atoms with Gasteiger partial charge in [-0.25, -0.2) is 0 Å². The van der Waals surface area contributed by atoms with Crippen LogP contribution in [0.25, 0.3) is 0 Å². The lowest BCUT2D eigenvalue weighted by molar-refractivity contribution is -0.132. The minimum atomic E-state index is 0.427. The fraction of sp³-hybridized carbons (Fsp3) is 0.881. The van der Waals surface area contributed by atoms with Crippen LogP contribution in [0.4, 0.5) is 0 Å². The maximum absolute atomic E-state index is 13.3. The molecule has 5 nitrogen and oxygen atoms in total. The SMILES string of the molecule is CCCCCCCCCCCCN(CCCCCCCCCCN(CCCCCCCCCCN(CCCCCCCCCCCC)C(=O)CCCCCCC)Cc1ccccc1)C(=O)CCCCCCC. The molecule has 0 aromatic heterocycles. The second-order valence-corrected chi connectivity index (χ2v) is 22.9. The van der Waals surface area contributed by atoms with E-state index >= 15 is 0 Å². The van der Waals surface area contributed by atoms with Gasteiger partial charge in [-0.2, -0.15) is 0 Å². The maximum Gasteiger partial charge on any atom is 0.222 e. The molecular weight excluding hydrogens is 879 g/mol. The molecule has 0 bridgehead atoms. The molecule has 0 aliphatic rings. The first-order chi connectivity index (χ1) is 35.5. The molecule has 422 valence electrons. The van der Waals surface area contributed by atoms with Crippen LogP contribution in [-0.2, 0) is 16.1 Å². The smallest absolute Gasteiger partial charge is 0.222 e. The molecule has 0 N–H and O–H groups in total. The summed E-state index contributed by atoms with van der Waals surface area (Å²) in [6.45, 7) is 16.6. The Bertz CT molecular complexity index is 1160. The van der Waals surface area contributed by atoms with Crippen LogP contribution in [0.3, 0.4) is 0 Å². The van der Waals surface area contributed by atoms with Gasteiger partial charge in [0.2, 0.25) is 11.8 Å². The van der Waals surface area contributed by atoms with E-state index in [1.54, 1.807) is 0 Å². The summed E-state index contributed by atoms with van der Waals surface area (Å²) in [6.07, 6.45) is 61.7. The number of amides is 2. The largest absolute Gasteiger partial charge is 0.343 e. The molecule has 2 amide bonds. The second kappa shape index (κ2) is 55.4. The van der Waals surface area contributed by atoms with Crippen LogP contribution < -0.4 is 0 Å². The molecule has 5 heteroatoms. The van der Waals surface area contributed by atoms with Crippen LogP contribution >= 0.6 is 0 Å². The van der Waals surface area contributed by atoms with Crippen molar-refractivity contribution in [3.05, 3.63) is 35.9 Å². The Hall–Kier alpha value is -1.88. The summed E-state index contributed by atoms with van der Waals surface area (Å²) in [4.78, 5) is 33.8. The van der Waals surface area contributed by atoms with Crippen LogP contribution in [0.2, 0.25) is 0 Å².